The highest BCUT2D eigenvalue weighted by atomic mass is 16.8. The molecule has 4 spiro atoms. The van der Waals surface area contributed by atoms with E-state index in [1.165, 1.54) is 48.6 Å². The van der Waals surface area contributed by atoms with Crippen LogP contribution in [-0.2, 0) is 66.7 Å². The SMILES string of the molecule is O=C1OC2(CCCCC2)OC(=O)C1=C/C=C/C=C/C1=C([O-])OC2(CCC3(CC2)OC(=O)C(/C=C/C=C/C=C2C(=O)OC4(CCCCC4)OC2=O)=C([O-])O3)OC1=O. The van der Waals surface area contributed by atoms with Crippen LogP contribution in [-0.4, -0.2) is 59.0 Å². The quantitative estimate of drug-likeness (QED) is 0.124. The zero-order chi connectivity index (χ0) is 39.6. The van der Waals surface area contributed by atoms with Gasteiger partial charge in [-0.05, 0) is 50.0 Å². The number of ether oxygens (including phenoxy) is 8. The van der Waals surface area contributed by atoms with Crippen LogP contribution < -0.4 is 10.2 Å². The summed E-state index contributed by atoms with van der Waals surface area (Å²) >= 11 is 0. The molecule has 0 aromatic rings. The van der Waals surface area contributed by atoms with E-state index in [1.54, 1.807) is 0 Å². The number of carbonyl (C=O) groups is 6. The smallest absolute Gasteiger partial charge is 0.348 e. The predicted octanol–water partition coefficient (Wildman–Crippen LogP) is 2.84. The average molecular weight is 775 g/mol. The Hall–Kier alpha value is -6.06. The Kier molecular flexibility index (Phi) is 10.4. The molecule has 56 heavy (non-hydrogen) atoms. The van der Waals surface area contributed by atoms with E-state index in [4.69, 9.17) is 37.9 Å². The fraction of sp³-hybridized carbons (Fsp3) is 0.450. The maximum Gasteiger partial charge on any atom is 0.348 e. The summed E-state index contributed by atoms with van der Waals surface area (Å²) in [7, 11) is 0. The van der Waals surface area contributed by atoms with Crippen LogP contribution in [0.5, 0.6) is 0 Å². The van der Waals surface area contributed by atoms with Gasteiger partial charge in [-0.15, -0.1) is 0 Å². The van der Waals surface area contributed by atoms with Gasteiger partial charge < -0.3 is 48.1 Å². The fourth-order valence-electron chi connectivity index (χ4n) is 7.50. The van der Waals surface area contributed by atoms with Crippen molar-refractivity contribution in [1.82, 2.24) is 0 Å². The van der Waals surface area contributed by atoms with Gasteiger partial charge in [0.2, 0.25) is 0 Å². The average Bonchev–Trinajstić information content (AvgIpc) is 3.14. The minimum Gasteiger partial charge on any atom is -0.574 e. The Morgan fingerprint density at radius 2 is 0.661 bits per heavy atom. The maximum absolute atomic E-state index is 12.9. The molecule has 0 N–H and O–H groups in total. The van der Waals surface area contributed by atoms with Crippen LogP contribution in [0.3, 0.4) is 0 Å². The van der Waals surface area contributed by atoms with Gasteiger partial charge in [0, 0.05) is 51.4 Å². The van der Waals surface area contributed by atoms with Crippen LogP contribution in [0.15, 0.2) is 94.9 Å². The molecule has 4 aliphatic heterocycles. The second-order valence-corrected chi connectivity index (χ2v) is 14.4. The third-order valence-electron chi connectivity index (χ3n) is 10.5. The first-order valence-corrected chi connectivity index (χ1v) is 18.5. The molecule has 0 unspecified atom stereocenters. The highest BCUT2D eigenvalue weighted by Crippen LogP contribution is 2.46. The van der Waals surface area contributed by atoms with Crippen molar-refractivity contribution in [3.63, 3.8) is 0 Å². The molecule has 296 valence electrons. The topological polar surface area (TPSA) is 222 Å². The van der Waals surface area contributed by atoms with E-state index in [2.05, 4.69) is 0 Å². The number of carbonyl (C=O) groups excluding carboxylic acids is 6. The van der Waals surface area contributed by atoms with Crippen molar-refractivity contribution in [2.45, 2.75) is 113 Å². The molecule has 0 atom stereocenters. The van der Waals surface area contributed by atoms with Crippen LogP contribution in [0.1, 0.15) is 89.9 Å². The zero-order valence-corrected chi connectivity index (χ0v) is 30.2. The summed E-state index contributed by atoms with van der Waals surface area (Å²) < 4.78 is 43.8. The molecule has 0 bridgehead atoms. The summed E-state index contributed by atoms with van der Waals surface area (Å²) in [5, 5.41) is 25.7. The number of esters is 6. The number of hydrogen-bond acceptors (Lipinski definition) is 16. The molecule has 0 aromatic carbocycles. The van der Waals surface area contributed by atoms with Crippen LogP contribution in [0.4, 0.5) is 0 Å². The summed E-state index contributed by atoms with van der Waals surface area (Å²) in [6.07, 6.45) is 19.1. The van der Waals surface area contributed by atoms with Gasteiger partial charge in [0.1, 0.15) is 11.1 Å². The Morgan fingerprint density at radius 3 is 0.982 bits per heavy atom. The van der Waals surface area contributed by atoms with Gasteiger partial charge in [0.25, 0.3) is 11.6 Å². The molecule has 7 rings (SSSR count). The monoisotopic (exact) mass is 774 g/mol. The predicted molar refractivity (Wildman–Crippen MR) is 181 cm³/mol. The fourth-order valence-corrected chi connectivity index (χ4v) is 7.50. The number of hydrogen-bond donors (Lipinski definition) is 0. The number of allylic oxidation sites excluding steroid dienone is 8. The Balaban J connectivity index is 0.912. The van der Waals surface area contributed by atoms with Gasteiger partial charge in [0.15, 0.2) is 11.6 Å². The molecule has 3 saturated carbocycles. The first-order chi connectivity index (χ1) is 26.8. The minimum absolute atomic E-state index is 0.141. The van der Waals surface area contributed by atoms with E-state index in [9.17, 15) is 39.0 Å². The Bertz CT molecular complexity index is 1760. The molecular weight excluding hydrogens is 736 g/mol. The molecule has 0 radical (unpaired) electrons. The first kappa shape index (κ1) is 38.2. The molecule has 3 aliphatic carbocycles. The van der Waals surface area contributed by atoms with Gasteiger partial charge in [0.05, 0.1) is 23.0 Å². The van der Waals surface area contributed by atoms with Crippen LogP contribution in [0.25, 0.3) is 0 Å². The summed E-state index contributed by atoms with van der Waals surface area (Å²) in [5.74, 6) is -12.8. The second kappa shape index (κ2) is 15.2. The molecular formula is C40H38O16-2. The third-order valence-corrected chi connectivity index (χ3v) is 10.5. The van der Waals surface area contributed by atoms with E-state index in [0.717, 1.165) is 50.7 Å². The van der Waals surface area contributed by atoms with Gasteiger partial charge in [-0.2, -0.15) is 0 Å². The highest BCUT2D eigenvalue weighted by Gasteiger charge is 2.49. The normalized spacial score (nSPS) is 25.7. The molecule has 0 aromatic heterocycles. The minimum atomic E-state index is -1.68. The van der Waals surface area contributed by atoms with E-state index >= 15 is 0 Å². The van der Waals surface area contributed by atoms with E-state index in [0.29, 0.717) is 25.7 Å². The molecule has 5 fully saturated rings. The van der Waals surface area contributed by atoms with E-state index < -0.39 is 82.0 Å². The van der Waals surface area contributed by atoms with Crippen molar-refractivity contribution in [2.75, 3.05) is 0 Å². The van der Waals surface area contributed by atoms with Crippen molar-refractivity contribution in [1.29, 1.82) is 0 Å². The van der Waals surface area contributed by atoms with Crippen molar-refractivity contribution < 1.29 is 76.9 Å². The van der Waals surface area contributed by atoms with Gasteiger partial charge in [-0.25, -0.2) is 28.8 Å². The lowest BCUT2D eigenvalue weighted by Crippen LogP contribution is -2.54. The van der Waals surface area contributed by atoms with Gasteiger partial charge >= 0.3 is 35.8 Å². The third kappa shape index (κ3) is 7.86. The van der Waals surface area contributed by atoms with Crippen molar-refractivity contribution in [3.05, 3.63) is 94.9 Å². The lowest BCUT2D eigenvalue weighted by atomic mass is 9.87. The largest absolute Gasteiger partial charge is 0.574 e. The highest BCUT2D eigenvalue weighted by molar-refractivity contribution is 6.16. The molecule has 7 aliphatic rings. The van der Waals surface area contributed by atoms with Crippen LogP contribution >= 0.6 is 0 Å². The maximum atomic E-state index is 12.9. The zero-order valence-electron chi connectivity index (χ0n) is 30.2. The van der Waals surface area contributed by atoms with E-state index in [1.807, 2.05) is 0 Å². The first-order valence-electron chi connectivity index (χ1n) is 18.5. The summed E-state index contributed by atoms with van der Waals surface area (Å²) in [5.41, 5.74) is -1.41. The Morgan fingerprint density at radius 1 is 0.357 bits per heavy atom. The van der Waals surface area contributed by atoms with Crippen molar-refractivity contribution >= 4 is 35.8 Å². The molecule has 4 heterocycles. The summed E-state index contributed by atoms with van der Waals surface area (Å²) in [4.78, 5) is 75.6. The van der Waals surface area contributed by atoms with Crippen molar-refractivity contribution in [3.8, 4) is 0 Å². The van der Waals surface area contributed by atoms with Crippen LogP contribution in [0.2, 0.25) is 0 Å². The second-order valence-electron chi connectivity index (χ2n) is 14.4. The van der Waals surface area contributed by atoms with Crippen LogP contribution in [0, 0.1) is 0 Å². The van der Waals surface area contributed by atoms with E-state index in [-0.39, 0.29) is 36.8 Å². The molecule has 16 nitrogen and oxygen atoms in total. The van der Waals surface area contributed by atoms with Gasteiger partial charge in [-0.3, -0.25) is 0 Å². The standard InChI is InChI=1S/C40H40O16/c41-29-25(30(42)50-37(49-29)17-9-3-10-18-37)13-5-1-7-15-27-33(45)53-39(54-34(27)46)21-23-40(24-22-39)55-35(47)28(36(48)56-40)16-8-2-6-14-26-31(43)51-38(52-32(26)44)19-11-4-12-20-38/h1-2,5-8,13-16,45,47H,3-4,9-12,17-24H2/p-2/b5-1+,6-2+,15-7+,16-8+. The summed E-state index contributed by atoms with van der Waals surface area (Å²) in [6.45, 7) is 0. The molecule has 16 heteroatoms. The Labute approximate surface area is 320 Å². The molecule has 0 amide bonds. The number of rotatable bonds is 6. The summed E-state index contributed by atoms with van der Waals surface area (Å²) in [6, 6.07) is 0. The van der Waals surface area contributed by atoms with Gasteiger partial charge in [-0.1, -0.05) is 49.3 Å². The van der Waals surface area contributed by atoms with Crippen molar-refractivity contribution in [2.24, 2.45) is 0 Å². The lowest BCUT2D eigenvalue weighted by Gasteiger charge is -2.53. The lowest BCUT2D eigenvalue weighted by molar-refractivity contribution is -0.422. The molecule has 2 saturated heterocycles.